The number of carboxylic acid groups (broad SMARTS) is 1. The molecule has 10 heteroatoms. The Morgan fingerprint density at radius 2 is 1.74 bits per heavy atom. The quantitative estimate of drug-likeness (QED) is 0.227. The van der Waals surface area contributed by atoms with E-state index in [4.69, 9.17) is 14.6 Å². The molecule has 0 spiro atoms. The van der Waals surface area contributed by atoms with Crippen LogP contribution >= 0.6 is 0 Å². The van der Waals surface area contributed by atoms with Gasteiger partial charge in [0.05, 0.1) is 36.3 Å². The van der Waals surface area contributed by atoms with E-state index in [0.717, 1.165) is 0 Å². The molecule has 0 aromatic carbocycles. The van der Waals surface area contributed by atoms with E-state index >= 15 is 0 Å². The summed E-state index contributed by atoms with van der Waals surface area (Å²) in [5.41, 5.74) is -2.74. The van der Waals surface area contributed by atoms with Gasteiger partial charge in [-0.15, -0.1) is 0 Å². The Morgan fingerprint density at radius 1 is 1.11 bits per heavy atom. The van der Waals surface area contributed by atoms with Crippen LogP contribution in [0, 0.1) is 17.3 Å². The summed E-state index contributed by atoms with van der Waals surface area (Å²) in [6.45, 7) is 11.6. The molecule has 0 heterocycles. The Hall–Kier alpha value is -2.27. The monoisotopic (exact) mass is 540 g/mol. The number of rotatable bonds is 8. The number of carboxylic acids is 1. The molecule has 38 heavy (non-hydrogen) atoms. The summed E-state index contributed by atoms with van der Waals surface area (Å²) >= 11 is 0. The molecule has 0 radical (unpaired) electrons. The van der Waals surface area contributed by atoms with Crippen molar-refractivity contribution < 1.29 is 49.4 Å². The van der Waals surface area contributed by atoms with Gasteiger partial charge in [0.25, 0.3) is 0 Å². The van der Waals surface area contributed by atoms with Crippen LogP contribution in [-0.2, 0) is 23.9 Å². The van der Waals surface area contributed by atoms with E-state index in [2.05, 4.69) is 6.58 Å². The Morgan fingerprint density at radius 3 is 2.29 bits per heavy atom. The molecule has 0 unspecified atom stereocenters. The Kier molecular flexibility index (Phi) is 10.3. The van der Waals surface area contributed by atoms with Gasteiger partial charge in [-0.1, -0.05) is 13.5 Å². The minimum atomic E-state index is -1.79. The third-order valence-corrected chi connectivity index (χ3v) is 8.11. The van der Waals surface area contributed by atoms with Crippen molar-refractivity contribution in [1.29, 1.82) is 0 Å². The molecule has 0 aromatic rings. The highest BCUT2D eigenvalue weighted by Crippen LogP contribution is 2.56. The lowest BCUT2D eigenvalue weighted by molar-refractivity contribution is -0.154. The first-order valence-corrected chi connectivity index (χ1v) is 13.1. The number of carbonyl (C=O) groups excluding carboxylic acids is 2. The van der Waals surface area contributed by atoms with Gasteiger partial charge in [0.2, 0.25) is 0 Å². The summed E-state index contributed by atoms with van der Waals surface area (Å²) in [5.74, 6) is -3.09. The summed E-state index contributed by atoms with van der Waals surface area (Å²) in [4.78, 5) is 35.5. The number of ether oxygens (including phenoxy) is 2. The molecule has 0 aromatic heterocycles. The van der Waals surface area contributed by atoms with Crippen LogP contribution < -0.4 is 0 Å². The van der Waals surface area contributed by atoms with Crippen LogP contribution in [0.4, 0.5) is 0 Å². The molecule has 216 valence electrons. The molecular formula is C28H44O10. The van der Waals surface area contributed by atoms with E-state index < -0.39 is 65.7 Å². The summed E-state index contributed by atoms with van der Waals surface area (Å²) in [6, 6.07) is 0. The molecule has 0 amide bonds. The van der Waals surface area contributed by atoms with E-state index in [1.54, 1.807) is 19.9 Å². The number of fused-ring (bicyclic) bond motifs is 1. The molecular weight excluding hydrogens is 496 g/mol. The number of aliphatic carboxylic acids is 1. The fourth-order valence-electron chi connectivity index (χ4n) is 5.95. The fourth-order valence-corrected chi connectivity index (χ4v) is 5.95. The summed E-state index contributed by atoms with van der Waals surface area (Å²) in [7, 11) is 0. The van der Waals surface area contributed by atoms with E-state index in [-0.39, 0.29) is 43.3 Å². The number of hydrogen-bond donors (Lipinski definition) is 5. The minimum absolute atomic E-state index is 0.166. The van der Waals surface area contributed by atoms with E-state index in [9.17, 15) is 34.8 Å². The maximum Gasteiger partial charge on any atom is 0.309 e. The molecule has 0 aliphatic heterocycles. The number of aliphatic hydroxyl groups excluding tert-OH is 2. The highest BCUT2D eigenvalue weighted by Gasteiger charge is 2.54. The van der Waals surface area contributed by atoms with Crippen LogP contribution in [-0.4, -0.2) is 79.6 Å². The first kappa shape index (κ1) is 31.9. The van der Waals surface area contributed by atoms with Gasteiger partial charge in [-0.2, -0.15) is 0 Å². The third-order valence-electron chi connectivity index (χ3n) is 8.11. The van der Waals surface area contributed by atoms with E-state index in [1.807, 2.05) is 6.92 Å². The van der Waals surface area contributed by atoms with E-state index in [0.29, 0.717) is 18.4 Å². The van der Waals surface area contributed by atoms with Crippen molar-refractivity contribution in [2.75, 3.05) is 6.61 Å². The van der Waals surface area contributed by atoms with Gasteiger partial charge in [-0.05, 0) is 81.9 Å². The van der Waals surface area contributed by atoms with Crippen molar-refractivity contribution in [2.45, 2.75) is 109 Å². The maximum absolute atomic E-state index is 12.4. The second kappa shape index (κ2) is 12.3. The lowest BCUT2D eigenvalue weighted by atomic mass is 9.67. The Balaban J connectivity index is 2.44. The molecule has 2 aliphatic rings. The van der Waals surface area contributed by atoms with E-state index in [1.165, 1.54) is 13.8 Å². The molecule has 0 bridgehead atoms. The Bertz CT molecular complexity index is 930. The average molecular weight is 541 g/mol. The predicted octanol–water partition coefficient (Wildman–Crippen LogP) is 2.27. The second-order valence-corrected chi connectivity index (χ2v) is 12.1. The molecule has 2 aliphatic carbocycles. The van der Waals surface area contributed by atoms with Crippen LogP contribution in [0.15, 0.2) is 23.8 Å². The molecule has 7 atom stereocenters. The Labute approximate surface area is 224 Å². The molecule has 0 saturated heterocycles. The van der Waals surface area contributed by atoms with Crippen LogP contribution in [0.2, 0.25) is 0 Å². The van der Waals surface area contributed by atoms with Crippen molar-refractivity contribution >= 4 is 17.9 Å². The van der Waals surface area contributed by atoms with Gasteiger partial charge in [-0.25, -0.2) is 0 Å². The normalized spacial score (nSPS) is 33.7. The van der Waals surface area contributed by atoms with Crippen LogP contribution in [0.25, 0.3) is 0 Å². The van der Waals surface area contributed by atoms with Crippen molar-refractivity contribution in [3.05, 3.63) is 23.8 Å². The topological polar surface area (TPSA) is 171 Å². The molecule has 5 N–H and O–H groups in total. The smallest absolute Gasteiger partial charge is 0.309 e. The van der Waals surface area contributed by atoms with Gasteiger partial charge in [0.15, 0.2) is 0 Å². The van der Waals surface area contributed by atoms with Gasteiger partial charge >= 0.3 is 17.9 Å². The maximum atomic E-state index is 12.4. The number of carbonyl (C=O) groups is 3. The second-order valence-electron chi connectivity index (χ2n) is 12.1. The largest absolute Gasteiger partial charge is 0.481 e. The summed E-state index contributed by atoms with van der Waals surface area (Å²) in [6.07, 6.45) is -0.446. The van der Waals surface area contributed by atoms with Crippen molar-refractivity contribution in [2.24, 2.45) is 17.3 Å². The van der Waals surface area contributed by atoms with Crippen LogP contribution in [0.1, 0.15) is 79.6 Å². The summed E-state index contributed by atoms with van der Waals surface area (Å²) < 4.78 is 11.1. The molecule has 10 nitrogen and oxygen atoms in total. The van der Waals surface area contributed by atoms with Crippen LogP contribution in [0.5, 0.6) is 0 Å². The highest BCUT2D eigenvalue weighted by molar-refractivity contribution is 5.74. The number of aliphatic hydroxyl groups is 4. The van der Waals surface area contributed by atoms with Crippen molar-refractivity contribution in [3.63, 3.8) is 0 Å². The number of hydrogen-bond acceptors (Lipinski definition) is 9. The molecule has 2 rings (SSSR count). The fraction of sp³-hybridized carbons (Fsp3) is 0.750. The van der Waals surface area contributed by atoms with Crippen LogP contribution in [0.3, 0.4) is 0 Å². The van der Waals surface area contributed by atoms with Gasteiger partial charge < -0.3 is 35.0 Å². The highest BCUT2D eigenvalue weighted by atomic mass is 16.5. The average Bonchev–Trinajstić information content (AvgIpc) is 3.09. The zero-order chi connectivity index (χ0) is 29.1. The van der Waals surface area contributed by atoms with Gasteiger partial charge in [-0.3, -0.25) is 14.4 Å². The third kappa shape index (κ3) is 8.36. The van der Waals surface area contributed by atoms with Crippen molar-refractivity contribution in [1.82, 2.24) is 0 Å². The first-order chi connectivity index (χ1) is 17.4. The minimum Gasteiger partial charge on any atom is -0.481 e. The SMILES string of the molecule is C=C1[C@H](O)CC/C(COC(=O)C[C@@](C)(O)CC(=O)O)=C/[C@H](OC(C)=O)[C@@]2(C)CC[C@@H](C(C)(C)O)[C@@H]2C[C@H]1O. The molecule has 1 saturated carbocycles. The lowest BCUT2D eigenvalue weighted by Crippen LogP contribution is -2.45. The molecule has 1 fully saturated rings. The number of esters is 2. The predicted molar refractivity (Wildman–Crippen MR) is 138 cm³/mol. The van der Waals surface area contributed by atoms with Gasteiger partial charge in [0, 0.05) is 12.3 Å². The van der Waals surface area contributed by atoms with Crippen molar-refractivity contribution in [3.8, 4) is 0 Å². The lowest BCUT2D eigenvalue weighted by Gasteiger charge is -2.42. The zero-order valence-corrected chi connectivity index (χ0v) is 23.1. The standard InChI is InChI=1S/C28H44O10/c1-16-21(30)8-7-18(15-37-25(34)14-27(5,36)13-24(32)33)11-23(38-17(2)29)28(6)10-9-19(26(3,4)35)20(28)12-22(16)31/h11,19-23,30-31,35-36H,1,7-10,12-15H2,2-6H3,(H,32,33)/b18-11-/t19-,20+,21-,22-,23+,27+,28+/m1/s1. The summed E-state index contributed by atoms with van der Waals surface area (Å²) in [5, 5.41) is 51.8. The zero-order valence-electron chi connectivity index (χ0n) is 23.1. The van der Waals surface area contributed by atoms with Gasteiger partial charge in [0.1, 0.15) is 12.7 Å². The first-order valence-electron chi connectivity index (χ1n) is 13.1.